The van der Waals surface area contributed by atoms with E-state index in [0.717, 1.165) is 15.6 Å². The summed E-state index contributed by atoms with van der Waals surface area (Å²) in [6.07, 6.45) is 0.426. The molecule has 1 aromatic rings. The molecular weight excluding hydrogens is 314 g/mol. The van der Waals surface area contributed by atoms with Crippen LogP contribution in [0.2, 0.25) is 0 Å². The van der Waals surface area contributed by atoms with Crippen molar-refractivity contribution in [1.29, 1.82) is 0 Å². The average molecular weight is 330 g/mol. The third-order valence-electron chi connectivity index (χ3n) is 3.11. The van der Waals surface area contributed by atoms with Gasteiger partial charge in [-0.3, -0.25) is 4.79 Å². The van der Waals surface area contributed by atoms with Gasteiger partial charge in [0.1, 0.15) is 13.2 Å². The Bertz CT molecular complexity index is 504. The Hall–Kier alpha value is -1.27. The molecule has 2 rings (SSSR count). The van der Waals surface area contributed by atoms with Crippen LogP contribution < -0.4 is 15.2 Å². The van der Waals surface area contributed by atoms with Gasteiger partial charge in [0, 0.05) is 22.5 Å². The molecule has 1 aliphatic heterocycles. The molecule has 0 spiro atoms. The lowest BCUT2D eigenvalue weighted by atomic mass is 9.97. The van der Waals surface area contributed by atoms with E-state index in [1.54, 1.807) is 0 Å². The third-order valence-corrected chi connectivity index (χ3v) is 3.77. The first-order valence-corrected chi connectivity index (χ1v) is 6.86. The number of ether oxygens (including phenoxy) is 2. The third kappa shape index (κ3) is 3.01. The van der Waals surface area contributed by atoms with Crippen LogP contribution in [-0.2, 0) is 4.79 Å². The molecule has 0 fully saturated rings. The quantitative estimate of drug-likeness (QED) is 0.886. The predicted molar refractivity (Wildman–Crippen MR) is 73.7 cm³/mol. The number of benzene rings is 1. The number of halogens is 1. The van der Waals surface area contributed by atoms with Crippen LogP contribution in [0.4, 0.5) is 0 Å². The van der Waals surface area contributed by atoms with Gasteiger partial charge in [-0.05, 0) is 25.0 Å². The lowest BCUT2D eigenvalue weighted by molar-refractivity contribution is -0.137. The zero-order valence-electron chi connectivity index (χ0n) is 10.6. The van der Waals surface area contributed by atoms with Crippen molar-refractivity contribution >= 4 is 21.9 Å². The standard InChI is InChI=1S/C13H16BrNO4/c1-7-12(9(15)2-3-11(16)17)8(14)6-10-13(7)19-5-4-18-10/h6,9H,2-5,15H2,1H3,(H,16,17). The molecule has 1 aromatic carbocycles. The largest absolute Gasteiger partial charge is 0.486 e. The Balaban J connectivity index is 2.32. The highest BCUT2D eigenvalue weighted by Crippen LogP contribution is 2.42. The molecule has 0 amide bonds. The number of nitrogens with two attached hydrogens (primary N) is 1. The van der Waals surface area contributed by atoms with E-state index in [4.69, 9.17) is 20.3 Å². The number of hydrogen-bond donors (Lipinski definition) is 2. The van der Waals surface area contributed by atoms with Gasteiger partial charge in [0.15, 0.2) is 11.5 Å². The number of aliphatic carboxylic acids is 1. The number of rotatable bonds is 4. The van der Waals surface area contributed by atoms with Crippen molar-refractivity contribution in [2.24, 2.45) is 5.73 Å². The van der Waals surface area contributed by atoms with Crippen LogP contribution in [0.3, 0.4) is 0 Å². The topological polar surface area (TPSA) is 81.8 Å². The fraction of sp³-hybridized carbons (Fsp3) is 0.462. The summed E-state index contributed by atoms with van der Waals surface area (Å²) in [6, 6.07) is 1.48. The molecule has 1 unspecified atom stereocenters. The average Bonchev–Trinajstić information content (AvgIpc) is 2.36. The minimum absolute atomic E-state index is 0.0431. The normalized spacial score (nSPS) is 15.1. The van der Waals surface area contributed by atoms with Crippen molar-refractivity contribution < 1.29 is 19.4 Å². The lowest BCUT2D eigenvalue weighted by Crippen LogP contribution is -2.19. The number of fused-ring (bicyclic) bond motifs is 1. The maximum absolute atomic E-state index is 10.6. The molecule has 19 heavy (non-hydrogen) atoms. The monoisotopic (exact) mass is 329 g/mol. The summed E-state index contributed by atoms with van der Waals surface area (Å²) >= 11 is 3.47. The molecule has 0 saturated carbocycles. The van der Waals surface area contributed by atoms with Crippen molar-refractivity contribution in [2.75, 3.05) is 13.2 Å². The predicted octanol–water partition coefficient (Wildman–Crippen LogP) is 2.39. The highest BCUT2D eigenvalue weighted by Gasteiger charge is 2.23. The van der Waals surface area contributed by atoms with Gasteiger partial charge in [0.2, 0.25) is 0 Å². The summed E-state index contributed by atoms with van der Waals surface area (Å²) in [5, 5.41) is 8.73. The van der Waals surface area contributed by atoms with Gasteiger partial charge in [0.25, 0.3) is 0 Å². The van der Waals surface area contributed by atoms with Gasteiger partial charge in [-0.1, -0.05) is 15.9 Å². The van der Waals surface area contributed by atoms with Gasteiger partial charge < -0.3 is 20.3 Å². The molecule has 104 valence electrons. The number of hydrogen-bond acceptors (Lipinski definition) is 4. The fourth-order valence-electron chi connectivity index (χ4n) is 2.21. The summed E-state index contributed by atoms with van der Waals surface area (Å²) in [4.78, 5) is 10.6. The van der Waals surface area contributed by atoms with Crippen LogP contribution >= 0.6 is 15.9 Å². The van der Waals surface area contributed by atoms with Gasteiger partial charge in [-0.2, -0.15) is 0 Å². The van der Waals surface area contributed by atoms with Crippen LogP contribution in [0.15, 0.2) is 10.5 Å². The highest BCUT2D eigenvalue weighted by molar-refractivity contribution is 9.10. The van der Waals surface area contributed by atoms with Gasteiger partial charge in [-0.15, -0.1) is 0 Å². The molecule has 6 heteroatoms. The minimum atomic E-state index is -0.846. The van der Waals surface area contributed by atoms with E-state index in [2.05, 4.69) is 15.9 Å². The molecule has 1 heterocycles. The van der Waals surface area contributed by atoms with Gasteiger partial charge in [-0.25, -0.2) is 0 Å². The van der Waals surface area contributed by atoms with Crippen LogP contribution in [-0.4, -0.2) is 24.3 Å². The van der Waals surface area contributed by atoms with E-state index in [-0.39, 0.29) is 12.5 Å². The Labute approximate surface area is 119 Å². The molecule has 0 aromatic heterocycles. The van der Waals surface area contributed by atoms with E-state index in [1.807, 2.05) is 13.0 Å². The first-order chi connectivity index (χ1) is 9.00. The summed E-state index contributed by atoms with van der Waals surface area (Å²) in [6.45, 7) is 2.96. The Morgan fingerprint density at radius 2 is 2.21 bits per heavy atom. The number of carbonyl (C=O) groups is 1. The molecule has 0 bridgehead atoms. The van der Waals surface area contributed by atoms with Crippen LogP contribution in [0.25, 0.3) is 0 Å². The first kappa shape index (κ1) is 14.1. The molecule has 0 saturated heterocycles. The zero-order valence-corrected chi connectivity index (χ0v) is 12.2. The van der Waals surface area contributed by atoms with Crippen LogP contribution in [0.5, 0.6) is 11.5 Å². The fourth-order valence-corrected chi connectivity index (χ4v) is 3.00. The first-order valence-electron chi connectivity index (χ1n) is 6.06. The Kier molecular flexibility index (Phi) is 4.31. The smallest absolute Gasteiger partial charge is 0.303 e. The van der Waals surface area contributed by atoms with Crippen molar-refractivity contribution in [3.63, 3.8) is 0 Å². The molecule has 1 aliphatic rings. The van der Waals surface area contributed by atoms with E-state index in [9.17, 15) is 4.79 Å². The second kappa shape index (κ2) is 5.79. The Morgan fingerprint density at radius 1 is 1.53 bits per heavy atom. The van der Waals surface area contributed by atoms with E-state index in [1.165, 1.54) is 0 Å². The summed E-state index contributed by atoms with van der Waals surface area (Å²) in [5.74, 6) is 0.557. The zero-order chi connectivity index (χ0) is 14.0. The highest BCUT2D eigenvalue weighted by atomic mass is 79.9. The summed E-state index contributed by atoms with van der Waals surface area (Å²) in [7, 11) is 0. The molecular formula is C13H16BrNO4. The van der Waals surface area contributed by atoms with Crippen LogP contribution in [0.1, 0.15) is 30.0 Å². The van der Waals surface area contributed by atoms with E-state index >= 15 is 0 Å². The van der Waals surface area contributed by atoms with Crippen molar-refractivity contribution in [2.45, 2.75) is 25.8 Å². The molecule has 3 N–H and O–H groups in total. The second-order valence-electron chi connectivity index (χ2n) is 4.46. The van der Waals surface area contributed by atoms with Crippen LogP contribution in [0, 0.1) is 6.92 Å². The maximum atomic E-state index is 10.6. The summed E-state index contributed by atoms with van der Waals surface area (Å²) < 4.78 is 12.0. The number of carboxylic acids is 1. The van der Waals surface area contributed by atoms with E-state index in [0.29, 0.717) is 31.1 Å². The molecule has 0 radical (unpaired) electrons. The number of carboxylic acid groups (broad SMARTS) is 1. The van der Waals surface area contributed by atoms with Gasteiger partial charge >= 0.3 is 5.97 Å². The minimum Gasteiger partial charge on any atom is -0.486 e. The van der Waals surface area contributed by atoms with Gasteiger partial charge in [0.05, 0.1) is 0 Å². The van der Waals surface area contributed by atoms with Crippen molar-refractivity contribution in [3.05, 3.63) is 21.7 Å². The maximum Gasteiger partial charge on any atom is 0.303 e. The van der Waals surface area contributed by atoms with Crippen molar-refractivity contribution in [3.8, 4) is 11.5 Å². The molecule has 0 aliphatic carbocycles. The SMILES string of the molecule is Cc1c2c(cc(Br)c1C(N)CCC(=O)O)OCCO2. The Morgan fingerprint density at radius 3 is 2.89 bits per heavy atom. The second-order valence-corrected chi connectivity index (χ2v) is 5.31. The lowest BCUT2D eigenvalue weighted by Gasteiger charge is -2.25. The molecule has 1 atom stereocenters. The summed E-state index contributed by atoms with van der Waals surface area (Å²) in [5.41, 5.74) is 7.87. The molecule has 5 nitrogen and oxygen atoms in total. The van der Waals surface area contributed by atoms with E-state index < -0.39 is 5.97 Å². The van der Waals surface area contributed by atoms with Crippen molar-refractivity contribution in [1.82, 2.24) is 0 Å².